The van der Waals surface area contributed by atoms with Crippen LogP contribution in [0.1, 0.15) is 26.3 Å². The van der Waals surface area contributed by atoms with Crippen LogP contribution in [-0.4, -0.2) is 54.8 Å². The van der Waals surface area contributed by atoms with Crippen LogP contribution in [0, 0.1) is 0 Å². The molecule has 28 heavy (non-hydrogen) atoms. The van der Waals surface area contributed by atoms with Gasteiger partial charge in [0.25, 0.3) is 11.8 Å². The van der Waals surface area contributed by atoms with E-state index in [0.717, 1.165) is 5.56 Å². The van der Waals surface area contributed by atoms with Gasteiger partial charge in [0, 0.05) is 38.8 Å². The second-order valence-electron chi connectivity index (χ2n) is 6.23. The van der Waals surface area contributed by atoms with Gasteiger partial charge in [0.15, 0.2) is 5.96 Å². The Labute approximate surface area is 186 Å². The molecule has 6 nitrogen and oxygen atoms in total. The summed E-state index contributed by atoms with van der Waals surface area (Å²) in [7, 11) is 3.59. The van der Waals surface area contributed by atoms with Crippen LogP contribution in [0.5, 0.6) is 0 Å². The number of halogens is 2. The first-order valence-electron chi connectivity index (χ1n) is 8.63. The number of carbonyl (C=O) groups is 2. The van der Waals surface area contributed by atoms with Crippen molar-refractivity contribution in [2.45, 2.75) is 6.54 Å². The SMILES string of the molecule is CN=C(NCCN1C(=O)c2ccccc2C1=O)N(C)Cc1ccccc1Cl.I. The zero-order valence-corrected chi connectivity index (χ0v) is 18.8. The summed E-state index contributed by atoms with van der Waals surface area (Å²) in [4.78, 5) is 32.2. The smallest absolute Gasteiger partial charge is 0.261 e. The molecule has 0 saturated carbocycles. The van der Waals surface area contributed by atoms with Crippen molar-refractivity contribution in [2.75, 3.05) is 27.2 Å². The molecular weight excluding hydrogens is 491 g/mol. The normalized spacial score (nSPS) is 13.2. The summed E-state index contributed by atoms with van der Waals surface area (Å²) in [5.74, 6) is 0.153. The molecule has 2 aromatic carbocycles. The molecule has 8 heteroatoms. The fourth-order valence-electron chi connectivity index (χ4n) is 3.06. The predicted molar refractivity (Wildman–Crippen MR) is 122 cm³/mol. The highest BCUT2D eigenvalue weighted by Gasteiger charge is 2.34. The molecule has 0 bridgehead atoms. The van der Waals surface area contributed by atoms with E-state index in [0.29, 0.717) is 35.2 Å². The summed E-state index contributed by atoms with van der Waals surface area (Å²) in [6, 6.07) is 14.5. The number of guanidine groups is 1. The zero-order chi connectivity index (χ0) is 19.4. The summed E-state index contributed by atoms with van der Waals surface area (Å²) >= 11 is 6.21. The number of hydrogen-bond donors (Lipinski definition) is 1. The Hall–Kier alpha value is -2.13. The number of hydrogen-bond acceptors (Lipinski definition) is 3. The summed E-state index contributed by atoms with van der Waals surface area (Å²) in [5.41, 5.74) is 1.91. The molecule has 0 fully saturated rings. The van der Waals surface area contributed by atoms with Crippen molar-refractivity contribution in [3.8, 4) is 0 Å². The number of fused-ring (bicyclic) bond motifs is 1. The molecule has 1 aliphatic heterocycles. The monoisotopic (exact) mass is 512 g/mol. The summed E-state index contributed by atoms with van der Waals surface area (Å²) in [6.07, 6.45) is 0. The molecule has 2 aromatic rings. The first kappa shape index (κ1) is 22.2. The van der Waals surface area contributed by atoms with E-state index in [9.17, 15) is 9.59 Å². The van der Waals surface area contributed by atoms with Crippen molar-refractivity contribution < 1.29 is 9.59 Å². The molecule has 3 rings (SSSR count). The van der Waals surface area contributed by atoms with Gasteiger partial charge in [-0.15, -0.1) is 24.0 Å². The number of amides is 2. The molecule has 1 aliphatic rings. The second kappa shape index (κ2) is 9.88. The highest BCUT2D eigenvalue weighted by Crippen LogP contribution is 2.21. The predicted octanol–water partition coefficient (Wildman–Crippen LogP) is 3.26. The molecule has 148 valence electrons. The van der Waals surface area contributed by atoms with Crippen molar-refractivity contribution in [2.24, 2.45) is 4.99 Å². The highest BCUT2D eigenvalue weighted by molar-refractivity contribution is 14.0. The van der Waals surface area contributed by atoms with Gasteiger partial charge in [0.1, 0.15) is 0 Å². The van der Waals surface area contributed by atoms with Crippen molar-refractivity contribution in [1.29, 1.82) is 0 Å². The lowest BCUT2D eigenvalue weighted by Gasteiger charge is -2.23. The summed E-state index contributed by atoms with van der Waals surface area (Å²) < 4.78 is 0. The summed E-state index contributed by atoms with van der Waals surface area (Å²) in [6.45, 7) is 1.27. The summed E-state index contributed by atoms with van der Waals surface area (Å²) in [5, 5.41) is 3.89. The molecule has 0 radical (unpaired) electrons. The fourth-order valence-corrected chi connectivity index (χ4v) is 3.26. The van der Waals surface area contributed by atoms with Crippen LogP contribution in [0.3, 0.4) is 0 Å². The number of rotatable bonds is 5. The van der Waals surface area contributed by atoms with E-state index in [2.05, 4.69) is 10.3 Å². The number of benzene rings is 2. The van der Waals surface area contributed by atoms with Crippen LogP contribution in [0.25, 0.3) is 0 Å². The van der Waals surface area contributed by atoms with Gasteiger partial charge in [-0.1, -0.05) is 41.9 Å². The van der Waals surface area contributed by atoms with Gasteiger partial charge in [-0.05, 0) is 23.8 Å². The first-order chi connectivity index (χ1) is 13.0. The van der Waals surface area contributed by atoms with E-state index in [1.54, 1.807) is 31.3 Å². The van der Waals surface area contributed by atoms with Crippen LogP contribution in [0.4, 0.5) is 0 Å². The van der Waals surface area contributed by atoms with E-state index in [-0.39, 0.29) is 42.3 Å². The van der Waals surface area contributed by atoms with Crippen molar-refractivity contribution in [1.82, 2.24) is 15.1 Å². The van der Waals surface area contributed by atoms with Gasteiger partial charge in [0.05, 0.1) is 11.1 Å². The molecule has 0 spiro atoms. The number of carbonyl (C=O) groups excluding carboxylic acids is 2. The quantitative estimate of drug-likeness (QED) is 0.289. The molecule has 0 aliphatic carbocycles. The Balaban J connectivity index is 0.00000280. The standard InChI is InChI=1S/C20H21ClN4O2.HI/c1-22-20(24(2)13-14-7-3-6-10-17(14)21)23-11-12-25-18(26)15-8-4-5-9-16(15)19(25)27;/h3-10H,11-13H2,1-2H3,(H,22,23);1H. The lowest BCUT2D eigenvalue weighted by molar-refractivity contribution is 0.0657. The van der Waals surface area contributed by atoms with Crippen LogP contribution < -0.4 is 5.32 Å². The molecule has 1 N–H and O–H groups in total. The third kappa shape index (κ3) is 4.64. The molecule has 0 unspecified atom stereocenters. The van der Waals surface area contributed by atoms with Crippen molar-refractivity contribution in [3.05, 3.63) is 70.2 Å². The highest BCUT2D eigenvalue weighted by atomic mass is 127. The Morgan fingerprint density at radius 1 is 1.07 bits per heavy atom. The van der Waals surface area contributed by atoms with Crippen LogP contribution in [0.2, 0.25) is 5.02 Å². The maximum Gasteiger partial charge on any atom is 0.261 e. The zero-order valence-electron chi connectivity index (χ0n) is 15.7. The van der Waals surface area contributed by atoms with E-state index in [4.69, 9.17) is 11.6 Å². The lowest BCUT2D eigenvalue weighted by atomic mass is 10.1. The topological polar surface area (TPSA) is 65.0 Å². The molecule has 2 amide bonds. The minimum Gasteiger partial charge on any atom is -0.354 e. The Kier molecular flexibility index (Phi) is 7.82. The number of nitrogens with one attached hydrogen (secondary N) is 1. The fraction of sp³-hybridized carbons (Fsp3) is 0.250. The van der Waals surface area contributed by atoms with Crippen molar-refractivity contribution >= 4 is 53.4 Å². The lowest BCUT2D eigenvalue weighted by Crippen LogP contribution is -2.43. The maximum absolute atomic E-state index is 12.4. The Bertz CT molecular complexity index is 868. The molecule has 1 heterocycles. The largest absolute Gasteiger partial charge is 0.354 e. The minimum atomic E-state index is -0.253. The van der Waals surface area contributed by atoms with E-state index in [1.807, 2.05) is 36.2 Å². The second-order valence-corrected chi connectivity index (χ2v) is 6.64. The van der Waals surface area contributed by atoms with Gasteiger partial charge < -0.3 is 10.2 Å². The average Bonchev–Trinajstić information content (AvgIpc) is 2.92. The maximum atomic E-state index is 12.4. The minimum absolute atomic E-state index is 0. The number of imide groups is 1. The van der Waals surface area contributed by atoms with E-state index in [1.165, 1.54) is 4.90 Å². The number of nitrogens with zero attached hydrogens (tertiary/aromatic N) is 3. The molecule has 0 saturated heterocycles. The van der Waals surface area contributed by atoms with Gasteiger partial charge in [-0.3, -0.25) is 19.5 Å². The third-order valence-corrected chi connectivity index (χ3v) is 4.80. The molecular formula is C20H22ClIN4O2. The average molecular weight is 513 g/mol. The third-order valence-electron chi connectivity index (χ3n) is 4.44. The van der Waals surface area contributed by atoms with Crippen molar-refractivity contribution in [3.63, 3.8) is 0 Å². The Morgan fingerprint density at radius 2 is 1.64 bits per heavy atom. The van der Waals surface area contributed by atoms with Gasteiger partial charge in [-0.2, -0.15) is 0 Å². The van der Waals surface area contributed by atoms with Crippen LogP contribution in [0.15, 0.2) is 53.5 Å². The Morgan fingerprint density at radius 3 is 2.21 bits per heavy atom. The molecule has 0 aromatic heterocycles. The van der Waals surface area contributed by atoms with Gasteiger partial charge >= 0.3 is 0 Å². The number of aliphatic imine (C=N–C) groups is 1. The van der Waals surface area contributed by atoms with E-state index >= 15 is 0 Å². The van der Waals surface area contributed by atoms with Crippen LogP contribution in [-0.2, 0) is 6.54 Å². The van der Waals surface area contributed by atoms with Gasteiger partial charge in [-0.25, -0.2) is 0 Å². The first-order valence-corrected chi connectivity index (χ1v) is 9.01. The molecule has 0 atom stereocenters. The van der Waals surface area contributed by atoms with Crippen LogP contribution >= 0.6 is 35.6 Å². The van der Waals surface area contributed by atoms with E-state index < -0.39 is 0 Å². The van der Waals surface area contributed by atoms with Gasteiger partial charge in [0.2, 0.25) is 0 Å².